The summed E-state index contributed by atoms with van der Waals surface area (Å²) in [7, 11) is 0. The fraction of sp³-hybridized carbons (Fsp3) is 0.235. The van der Waals surface area contributed by atoms with Crippen molar-refractivity contribution in [1.29, 1.82) is 0 Å². The topological polar surface area (TPSA) is 87.0 Å². The van der Waals surface area contributed by atoms with Crippen LogP contribution in [0.3, 0.4) is 0 Å². The van der Waals surface area contributed by atoms with E-state index < -0.39 is 5.97 Å². The number of carbonyl (C=O) groups is 1. The minimum atomic E-state index is -0.435. The number of aryl methyl sites for hydroxylation is 2. The molecule has 0 spiro atoms. The fourth-order valence-corrected chi connectivity index (χ4v) is 2.22. The van der Waals surface area contributed by atoms with Crippen molar-refractivity contribution >= 4 is 5.97 Å². The van der Waals surface area contributed by atoms with Gasteiger partial charge >= 0.3 is 5.97 Å². The first-order chi connectivity index (χ1) is 10.5. The summed E-state index contributed by atoms with van der Waals surface area (Å²) < 4.78 is 4.90. The summed E-state index contributed by atoms with van der Waals surface area (Å²) in [6, 6.07) is 9.27. The van der Waals surface area contributed by atoms with Crippen LogP contribution in [0.1, 0.15) is 24.5 Å². The number of benzene rings is 2. The Labute approximate surface area is 128 Å². The molecule has 0 radical (unpaired) electrons. The Morgan fingerprint density at radius 3 is 2.09 bits per heavy atom. The number of rotatable bonds is 5. The molecule has 22 heavy (non-hydrogen) atoms. The van der Waals surface area contributed by atoms with E-state index in [2.05, 4.69) is 0 Å². The zero-order valence-corrected chi connectivity index (χ0v) is 12.2. The lowest BCUT2D eigenvalue weighted by Gasteiger charge is -2.08. The number of hydrogen-bond acceptors (Lipinski definition) is 5. The summed E-state index contributed by atoms with van der Waals surface area (Å²) in [5, 5.41) is 28.9. The van der Waals surface area contributed by atoms with Crippen LogP contribution >= 0.6 is 0 Å². The van der Waals surface area contributed by atoms with Crippen LogP contribution in [0, 0.1) is 0 Å². The Balaban J connectivity index is 1.95. The molecule has 0 unspecified atom stereocenters. The Morgan fingerprint density at radius 1 is 0.955 bits per heavy atom. The van der Waals surface area contributed by atoms with Gasteiger partial charge in [0.15, 0.2) is 0 Å². The molecule has 0 aliphatic heterocycles. The third-order valence-corrected chi connectivity index (χ3v) is 3.28. The molecular formula is C17H18O5. The summed E-state index contributed by atoms with van der Waals surface area (Å²) in [5.74, 6) is 0.0444. The van der Waals surface area contributed by atoms with Gasteiger partial charge in [0.05, 0.1) is 0 Å². The third-order valence-electron chi connectivity index (χ3n) is 3.28. The molecule has 0 amide bonds. The molecule has 2 aromatic rings. The van der Waals surface area contributed by atoms with Crippen LogP contribution in [-0.4, -0.2) is 21.3 Å². The average molecular weight is 302 g/mol. The van der Waals surface area contributed by atoms with Crippen molar-refractivity contribution in [2.45, 2.75) is 26.2 Å². The van der Waals surface area contributed by atoms with Gasteiger partial charge in [-0.15, -0.1) is 0 Å². The first-order valence-corrected chi connectivity index (χ1v) is 6.97. The molecule has 2 aromatic carbocycles. The molecule has 0 heterocycles. The highest BCUT2D eigenvalue weighted by atomic mass is 16.5. The van der Waals surface area contributed by atoms with Crippen molar-refractivity contribution in [1.82, 2.24) is 0 Å². The molecule has 116 valence electrons. The average Bonchev–Trinajstić information content (AvgIpc) is 2.43. The lowest BCUT2D eigenvalue weighted by atomic mass is 10.0. The SMILES string of the molecule is CC(=O)Oc1ccc(CCCc2ccc(O)cc2O)c(O)c1. The molecule has 3 N–H and O–H groups in total. The Hall–Kier alpha value is -2.69. The van der Waals surface area contributed by atoms with Gasteiger partial charge < -0.3 is 20.1 Å². The van der Waals surface area contributed by atoms with E-state index in [0.29, 0.717) is 18.6 Å². The van der Waals surface area contributed by atoms with Gasteiger partial charge in [-0.3, -0.25) is 4.79 Å². The largest absolute Gasteiger partial charge is 0.508 e. The summed E-state index contributed by atoms with van der Waals surface area (Å²) in [5.41, 5.74) is 1.49. The first kappa shape index (κ1) is 15.7. The number of carbonyl (C=O) groups excluding carboxylic acids is 1. The monoisotopic (exact) mass is 302 g/mol. The van der Waals surface area contributed by atoms with Gasteiger partial charge in [-0.05, 0) is 42.5 Å². The molecule has 0 atom stereocenters. The molecule has 0 saturated heterocycles. The van der Waals surface area contributed by atoms with E-state index in [-0.39, 0.29) is 17.2 Å². The summed E-state index contributed by atoms with van der Waals surface area (Å²) >= 11 is 0. The fourth-order valence-electron chi connectivity index (χ4n) is 2.22. The van der Waals surface area contributed by atoms with Crippen LogP contribution in [0.2, 0.25) is 0 Å². The van der Waals surface area contributed by atoms with Crippen molar-refractivity contribution in [2.75, 3.05) is 0 Å². The lowest BCUT2D eigenvalue weighted by molar-refractivity contribution is -0.131. The van der Waals surface area contributed by atoms with Crippen molar-refractivity contribution in [2.24, 2.45) is 0 Å². The highest BCUT2D eigenvalue weighted by Crippen LogP contribution is 2.27. The van der Waals surface area contributed by atoms with Crippen LogP contribution in [0.4, 0.5) is 0 Å². The molecule has 0 fully saturated rings. The second kappa shape index (κ2) is 6.85. The number of ether oxygens (including phenoxy) is 1. The second-order valence-electron chi connectivity index (χ2n) is 5.05. The minimum Gasteiger partial charge on any atom is -0.508 e. The number of hydrogen-bond donors (Lipinski definition) is 3. The Kier molecular flexibility index (Phi) is 4.88. The number of aromatic hydroxyl groups is 3. The molecule has 0 aliphatic rings. The molecule has 0 saturated carbocycles. The van der Waals surface area contributed by atoms with Gasteiger partial charge in [0.1, 0.15) is 23.0 Å². The second-order valence-corrected chi connectivity index (χ2v) is 5.05. The van der Waals surface area contributed by atoms with E-state index >= 15 is 0 Å². The maximum absolute atomic E-state index is 10.8. The quantitative estimate of drug-likeness (QED) is 0.584. The van der Waals surface area contributed by atoms with E-state index in [9.17, 15) is 20.1 Å². The molecule has 5 nitrogen and oxygen atoms in total. The number of phenolic OH excluding ortho intramolecular Hbond substituents is 3. The first-order valence-electron chi connectivity index (χ1n) is 6.97. The predicted molar refractivity (Wildman–Crippen MR) is 81.2 cm³/mol. The van der Waals surface area contributed by atoms with Crippen molar-refractivity contribution in [3.8, 4) is 23.0 Å². The van der Waals surface area contributed by atoms with E-state index in [4.69, 9.17) is 4.74 Å². The van der Waals surface area contributed by atoms with Crippen molar-refractivity contribution in [3.05, 3.63) is 47.5 Å². The van der Waals surface area contributed by atoms with Crippen LogP contribution in [-0.2, 0) is 17.6 Å². The molecule has 2 rings (SSSR count). The van der Waals surface area contributed by atoms with E-state index in [0.717, 1.165) is 17.5 Å². The Morgan fingerprint density at radius 2 is 1.55 bits per heavy atom. The highest BCUT2D eigenvalue weighted by Gasteiger charge is 2.07. The number of esters is 1. The Bertz CT molecular complexity index is 679. The smallest absolute Gasteiger partial charge is 0.308 e. The van der Waals surface area contributed by atoms with Crippen molar-refractivity contribution < 1.29 is 24.9 Å². The summed E-state index contributed by atoms with van der Waals surface area (Å²) in [6.45, 7) is 1.30. The zero-order chi connectivity index (χ0) is 16.1. The summed E-state index contributed by atoms with van der Waals surface area (Å²) in [4.78, 5) is 10.8. The van der Waals surface area contributed by atoms with Crippen molar-refractivity contribution in [3.63, 3.8) is 0 Å². The third kappa shape index (κ3) is 4.15. The standard InChI is InChI=1S/C17H18O5/c1-11(18)22-15-8-6-13(17(21)10-15)4-2-3-12-5-7-14(19)9-16(12)20/h5-10,19-21H,2-4H2,1H3. The lowest BCUT2D eigenvalue weighted by Crippen LogP contribution is -2.01. The minimum absolute atomic E-state index is 0.0277. The highest BCUT2D eigenvalue weighted by molar-refractivity contribution is 5.69. The van der Waals surface area contributed by atoms with Gasteiger partial charge in [0.25, 0.3) is 0 Å². The van der Waals surface area contributed by atoms with Gasteiger partial charge in [-0.1, -0.05) is 12.1 Å². The summed E-state index contributed by atoms with van der Waals surface area (Å²) in [6.07, 6.45) is 1.96. The molecule has 0 aromatic heterocycles. The molecule has 5 heteroatoms. The van der Waals surface area contributed by atoms with E-state index in [1.165, 1.54) is 25.1 Å². The predicted octanol–water partition coefficient (Wildman–Crippen LogP) is 2.90. The van der Waals surface area contributed by atoms with Gasteiger partial charge in [-0.25, -0.2) is 0 Å². The molecular weight excluding hydrogens is 284 g/mol. The molecule has 0 bridgehead atoms. The maximum atomic E-state index is 10.8. The van der Waals surface area contributed by atoms with Gasteiger partial charge in [-0.2, -0.15) is 0 Å². The van der Waals surface area contributed by atoms with Gasteiger partial charge in [0.2, 0.25) is 0 Å². The van der Waals surface area contributed by atoms with Crippen LogP contribution in [0.5, 0.6) is 23.0 Å². The number of phenols is 3. The van der Waals surface area contributed by atoms with Crippen LogP contribution in [0.25, 0.3) is 0 Å². The van der Waals surface area contributed by atoms with Gasteiger partial charge in [0, 0.05) is 19.1 Å². The van der Waals surface area contributed by atoms with Crippen LogP contribution in [0.15, 0.2) is 36.4 Å². The maximum Gasteiger partial charge on any atom is 0.308 e. The van der Waals surface area contributed by atoms with E-state index in [1.54, 1.807) is 18.2 Å². The normalized spacial score (nSPS) is 10.4. The van der Waals surface area contributed by atoms with E-state index in [1.807, 2.05) is 0 Å². The van der Waals surface area contributed by atoms with Crippen LogP contribution < -0.4 is 4.74 Å². The molecule has 0 aliphatic carbocycles. The zero-order valence-electron chi connectivity index (χ0n) is 12.2.